The van der Waals surface area contributed by atoms with Crippen LogP contribution >= 0.6 is 22.9 Å². The van der Waals surface area contributed by atoms with E-state index in [0.717, 1.165) is 12.8 Å². The first-order valence-corrected chi connectivity index (χ1v) is 9.67. The van der Waals surface area contributed by atoms with Crippen LogP contribution in [0, 0.1) is 0 Å². The molecule has 2 amide bonds. The predicted octanol–water partition coefficient (Wildman–Crippen LogP) is 2.29. The number of thiazole rings is 1. The molecule has 10 heteroatoms. The fourth-order valence-corrected chi connectivity index (χ4v) is 3.37. The van der Waals surface area contributed by atoms with Crippen molar-refractivity contribution in [2.75, 3.05) is 25.6 Å². The van der Waals surface area contributed by atoms with Crippen LogP contribution in [0.3, 0.4) is 0 Å². The number of amides is 2. The van der Waals surface area contributed by atoms with Crippen molar-refractivity contribution in [1.82, 2.24) is 15.3 Å². The molecule has 27 heavy (non-hydrogen) atoms. The maximum Gasteiger partial charge on any atom is 0.259 e. The van der Waals surface area contributed by atoms with E-state index < -0.39 is 0 Å². The number of aromatic nitrogens is 2. The van der Waals surface area contributed by atoms with Gasteiger partial charge in [-0.2, -0.15) is 0 Å². The van der Waals surface area contributed by atoms with Crippen molar-refractivity contribution < 1.29 is 19.1 Å². The first-order valence-electron chi connectivity index (χ1n) is 8.41. The first-order chi connectivity index (χ1) is 13.0. The molecule has 8 nitrogen and oxygen atoms in total. The molecule has 2 N–H and O–H groups in total. The number of likely N-dealkylation sites (N-methyl/N-ethyl adjacent to an activating group) is 1. The summed E-state index contributed by atoms with van der Waals surface area (Å²) in [5, 5.41) is 7.60. The van der Waals surface area contributed by atoms with E-state index in [0.29, 0.717) is 35.5 Å². The lowest BCUT2D eigenvalue weighted by Crippen LogP contribution is -2.26. The molecule has 0 bridgehead atoms. The van der Waals surface area contributed by atoms with Gasteiger partial charge in [-0.05, 0) is 6.07 Å². The second-order valence-corrected chi connectivity index (χ2v) is 7.15. The highest BCUT2D eigenvalue weighted by molar-refractivity contribution is 7.14. The molecule has 2 aromatic rings. The number of nitrogens with one attached hydrogen (secondary N) is 2. The maximum atomic E-state index is 12.4. The molecule has 3 rings (SSSR count). The third-order valence-corrected chi connectivity index (χ3v) is 4.99. The van der Waals surface area contributed by atoms with Gasteiger partial charge in [0.05, 0.1) is 30.9 Å². The lowest BCUT2D eigenvalue weighted by Gasteiger charge is -2.23. The number of carbonyl (C=O) groups excluding carboxylic acids is 2. The Kier molecular flexibility index (Phi) is 6.59. The van der Waals surface area contributed by atoms with E-state index in [1.54, 1.807) is 12.4 Å². The summed E-state index contributed by atoms with van der Waals surface area (Å²) in [6, 6.07) is 1.51. The van der Waals surface area contributed by atoms with E-state index in [1.807, 2.05) is 0 Å². The van der Waals surface area contributed by atoms with Crippen molar-refractivity contribution >= 4 is 39.9 Å². The average Bonchev–Trinajstić information content (AvgIpc) is 3.10. The summed E-state index contributed by atoms with van der Waals surface area (Å²) in [4.78, 5) is 32.1. The molecular weight excluding hydrogens is 392 g/mol. The molecule has 1 aliphatic rings. The molecule has 144 valence electrons. The van der Waals surface area contributed by atoms with Crippen LogP contribution < -0.4 is 15.4 Å². The molecule has 0 aromatic carbocycles. The number of pyridine rings is 1. The highest BCUT2D eigenvalue weighted by Crippen LogP contribution is 2.26. The van der Waals surface area contributed by atoms with Crippen molar-refractivity contribution in [3.63, 3.8) is 0 Å². The lowest BCUT2D eigenvalue weighted by atomic mass is 10.1. The van der Waals surface area contributed by atoms with E-state index in [-0.39, 0.29) is 29.4 Å². The Hall–Kier alpha value is -2.23. The minimum Gasteiger partial charge on any atom is -0.473 e. The quantitative estimate of drug-likeness (QED) is 0.757. The number of hydrogen-bond donors (Lipinski definition) is 2. The monoisotopic (exact) mass is 410 g/mol. The summed E-state index contributed by atoms with van der Waals surface area (Å²) in [5.41, 5.74) is 0.883. The normalized spacial score (nSPS) is 14.6. The summed E-state index contributed by atoms with van der Waals surface area (Å²) < 4.78 is 11.1. The Bertz CT molecular complexity index is 823. The molecule has 0 unspecified atom stereocenters. The summed E-state index contributed by atoms with van der Waals surface area (Å²) >= 11 is 7.46. The summed E-state index contributed by atoms with van der Waals surface area (Å²) in [6.07, 6.45) is 3.15. The van der Waals surface area contributed by atoms with Gasteiger partial charge >= 0.3 is 0 Å². The molecular formula is C17H19ClN4O4S. The fraction of sp³-hybridized carbons (Fsp3) is 0.412. The van der Waals surface area contributed by atoms with Gasteiger partial charge in [0.2, 0.25) is 11.8 Å². The summed E-state index contributed by atoms with van der Waals surface area (Å²) in [7, 11) is 1.56. The van der Waals surface area contributed by atoms with Crippen molar-refractivity contribution in [2.45, 2.75) is 25.4 Å². The van der Waals surface area contributed by atoms with Gasteiger partial charge < -0.3 is 14.8 Å². The molecule has 0 aliphatic carbocycles. The van der Waals surface area contributed by atoms with Crippen LogP contribution in [0.5, 0.6) is 5.88 Å². The van der Waals surface area contributed by atoms with E-state index in [9.17, 15) is 9.59 Å². The van der Waals surface area contributed by atoms with Crippen LogP contribution in [0.15, 0.2) is 17.6 Å². The zero-order valence-electron chi connectivity index (χ0n) is 14.7. The molecule has 0 atom stereocenters. The third-order valence-electron chi connectivity index (χ3n) is 3.91. The highest BCUT2D eigenvalue weighted by Gasteiger charge is 2.19. The van der Waals surface area contributed by atoms with Gasteiger partial charge in [-0.1, -0.05) is 11.6 Å². The van der Waals surface area contributed by atoms with Gasteiger partial charge in [-0.3, -0.25) is 14.9 Å². The van der Waals surface area contributed by atoms with Crippen molar-refractivity contribution in [3.8, 4) is 5.88 Å². The van der Waals surface area contributed by atoms with Gasteiger partial charge in [0.25, 0.3) is 5.91 Å². The number of anilines is 1. The number of hydrogen-bond acceptors (Lipinski definition) is 7. The Morgan fingerprint density at radius 2 is 2.19 bits per heavy atom. The molecule has 1 fully saturated rings. The van der Waals surface area contributed by atoms with Crippen LogP contribution in [-0.2, 0) is 16.0 Å². The van der Waals surface area contributed by atoms with Gasteiger partial charge in [-0.15, -0.1) is 11.3 Å². The van der Waals surface area contributed by atoms with Gasteiger partial charge in [-0.25, -0.2) is 9.97 Å². The maximum absolute atomic E-state index is 12.4. The molecule has 3 heterocycles. The summed E-state index contributed by atoms with van der Waals surface area (Å²) in [5.74, 6) is -0.223. The number of halogens is 1. The molecule has 0 spiro atoms. The SMILES string of the molecule is CNC(=O)Cc1csc(NC(=O)c2cnc(OC3CCOCC3)c(Cl)c2)n1. The van der Waals surface area contributed by atoms with E-state index in [1.165, 1.54) is 23.6 Å². The zero-order chi connectivity index (χ0) is 19.2. The second-order valence-electron chi connectivity index (χ2n) is 5.89. The fourth-order valence-electron chi connectivity index (χ4n) is 2.46. The van der Waals surface area contributed by atoms with Crippen LogP contribution in [0.2, 0.25) is 5.02 Å². The van der Waals surface area contributed by atoms with Gasteiger partial charge in [0.15, 0.2) is 5.13 Å². The molecule has 1 saturated heterocycles. The Balaban J connectivity index is 1.61. The average molecular weight is 411 g/mol. The van der Waals surface area contributed by atoms with Gasteiger partial charge in [0.1, 0.15) is 11.1 Å². The van der Waals surface area contributed by atoms with Crippen LogP contribution in [0.4, 0.5) is 5.13 Å². The summed E-state index contributed by atoms with van der Waals surface area (Å²) in [6.45, 7) is 1.30. The smallest absolute Gasteiger partial charge is 0.259 e. The van der Waals surface area contributed by atoms with Crippen LogP contribution in [0.25, 0.3) is 0 Å². The third kappa shape index (κ3) is 5.38. The Morgan fingerprint density at radius 1 is 1.41 bits per heavy atom. The number of carbonyl (C=O) groups is 2. The number of ether oxygens (including phenoxy) is 2. The molecule has 0 saturated carbocycles. The number of rotatable bonds is 6. The van der Waals surface area contributed by atoms with Gasteiger partial charge in [0, 0.05) is 31.5 Å². The standard InChI is InChI=1S/C17H19ClN4O4S/c1-19-14(23)7-11-9-27-17(21-11)22-15(24)10-6-13(18)16(20-8-10)26-12-2-4-25-5-3-12/h6,8-9,12H,2-5,7H2,1H3,(H,19,23)(H,21,22,24). The van der Waals surface area contributed by atoms with Crippen LogP contribution in [0.1, 0.15) is 28.9 Å². The predicted molar refractivity (Wildman–Crippen MR) is 102 cm³/mol. The van der Waals surface area contributed by atoms with Crippen molar-refractivity contribution in [3.05, 3.63) is 33.9 Å². The highest BCUT2D eigenvalue weighted by atomic mass is 35.5. The van der Waals surface area contributed by atoms with E-state index in [4.69, 9.17) is 21.1 Å². The lowest BCUT2D eigenvalue weighted by molar-refractivity contribution is -0.120. The van der Waals surface area contributed by atoms with Crippen molar-refractivity contribution in [1.29, 1.82) is 0 Å². The first kappa shape index (κ1) is 19.5. The molecule has 2 aromatic heterocycles. The zero-order valence-corrected chi connectivity index (χ0v) is 16.2. The molecule has 0 radical (unpaired) electrons. The second kappa shape index (κ2) is 9.12. The molecule has 1 aliphatic heterocycles. The Morgan fingerprint density at radius 3 is 2.89 bits per heavy atom. The Labute approximate surface area is 165 Å². The minimum absolute atomic E-state index is 0.0116. The van der Waals surface area contributed by atoms with E-state index in [2.05, 4.69) is 20.6 Å². The van der Waals surface area contributed by atoms with Crippen LogP contribution in [-0.4, -0.2) is 48.1 Å². The van der Waals surface area contributed by atoms with E-state index >= 15 is 0 Å². The number of nitrogens with zero attached hydrogens (tertiary/aromatic N) is 2. The largest absolute Gasteiger partial charge is 0.473 e. The topological polar surface area (TPSA) is 102 Å². The van der Waals surface area contributed by atoms with Crippen molar-refractivity contribution in [2.24, 2.45) is 0 Å². The minimum atomic E-state index is -0.386.